The third-order valence-electron chi connectivity index (χ3n) is 4.95. The van der Waals surface area contributed by atoms with E-state index in [-0.39, 0.29) is 11.7 Å². The van der Waals surface area contributed by atoms with Crippen molar-refractivity contribution in [3.8, 4) is 5.75 Å². The molecule has 0 radical (unpaired) electrons. The van der Waals surface area contributed by atoms with Crippen LogP contribution in [0.3, 0.4) is 0 Å². The van der Waals surface area contributed by atoms with Crippen molar-refractivity contribution < 1.29 is 13.9 Å². The molecule has 0 atom stereocenters. The Kier molecular flexibility index (Phi) is 5.73. The number of carbonyl (C=O) groups excluding carboxylic acids is 1. The Morgan fingerprint density at radius 2 is 1.62 bits per heavy atom. The number of amides is 1. The Hall–Kier alpha value is -4.92. The Balaban J connectivity index is 1.24. The first kappa shape index (κ1) is 21.0. The number of para-hydroxylation sites is 1. The molecule has 3 heterocycles. The minimum absolute atomic E-state index is 0.204. The largest absolute Gasteiger partial charge is 0.493 e. The number of aromatic nitrogens is 3. The van der Waals surface area contributed by atoms with E-state index in [0.717, 1.165) is 11.1 Å². The highest BCUT2D eigenvalue weighted by atomic mass is 16.5. The van der Waals surface area contributed by atoms with Crippen LogP contribution in [0.5, 0.6) is 5.75 Å². The van der Waals surface area contributed by atoms with Gasteiger partial charge in [0.05, 0.1) is 7.11 Å². The SMILES string of the molecule is COc1cccc2cc(C(=O)Nc3ccc(Nc4cc(Nc5ccccn5)ncn4)cc3)oc12. The molecule has 0 saturated heterocycles. The van der Waals surface area contributed by atoms with Crippen LogP contribution in [0.1, 0.15) is 10.6 Å². The molecule has 0 bridgehead atoms. The lowest BCUT2D eigenvalue weighted by atomic mass is 10.2. The second-order valence-corrected chi connectivity index (χ2v) is 7.27. The van der Waals surface area contributed by atoms with Gasteiger partial charge in [0.25, 0.3) is 5.91 Å². The molecule has 3 aromatic heterocycles. The van der Waals surface area contributed by atoms with Gasteiger partial charge in [0.2, 0.25) is 0 Å². The maximum atomic E-state index is 12.7. The Morgan fingerprint density at radius 1 is 0.824 bits per heavy atom. The third kappa shape index (κ3) is 4.63. The number of fused-ring (bicyclic) bond motifs is 1. The highest BCUT2D eigenvalue weighted by Crippen LogP contribution is 2.29. The lowest BCUT2D eigenvalue weighted by Gasteiger charge is -2.09. The molecule has 9 nitrogen and oxygen atoms in total. The average Bonchev–Trinajstić information content (AvgIpc) is 3.31. The molecule has 0 aliphatic heterocycles. The first-order valence-corrected chi connectivity index (χ1v) is 10.4. The van der Waals surface area contributed by atoms with E-state index in [1.165, 1.54) is 6.33 Å². The van der Waals surface area contributed by atoms with Crippen LogP contribution < -0.4 is 20.7 Å². The first-order valence-electron chi connectivity index (χ1n) is 10.4. The molecule has 9 heteroatoms. The van der Waals surface area contributed by atoms with E-state index in [9.17, 15) is 4.79 Å². The lowest BCUT2D eigenvalue weighted by Crippen LogP contribution is -2.10. The number of ether oxygens (including phenoxy) is 1. The smallest absolute Gasteiger partial charge is 0.291 e. The average molecular weight is 452 g/mol. The highest BCUT2D eigenvalue weighted by Gasteiger charge is 2.15. The predicted octanol–water partition coefficient (Wildman–Crippen LogP) is 5.37. The molecule has 1 amide bonds. The van der Waals surface area contributed by atoms with E-state index >= 15 is 0 Å². The molecule has 2 aromatic carbocycles. The van der Waals surface area contributed by atoms with Gasteiger partial charge in [0, 0.05) is 29.0 Å². The van der Waals surface area contributed by atoms with Gasteiger partial charge in [-0.15, -0.1) is 0 Å². The molecule has 5 aromatic rings. The second-order valence-electron chi connectivity index (χ2n) is 7.27. The summed E-state index contributed by atoms with van der Waals surface area (Å²) >= 11 is 0. The van der Waals surface area contributed by atoms with Crippen LogP contribution in [0.15, 0.2) is 89.7 Å². The summed E-state index contributed by atoms with van der Waals surface area (Å²) in [7, 11) is 1.56. The molecule has 168 valence electrons. The van der Waals surface area contributed by atoms with Crippen molar-refractivity contribution in [2.45, 2.75) is 0 Å². The minimum atomic E-state index is -0.347. The van der Waals surface area contributed by atoms with Crippen LogP contribution >= 0.6 is 0 Å². The van der Waals surface area contributed by atoms with Gasteiger partial charge in [-0.25, -0.2) is 15.0 Å². The van der Waals surface area contributed by atoms with Crippen LogP contribution in [0, 0.1) is 0 Å². The van der Waals surface area contributed by atoms with Gasteiger partial charge in [-0.2, -0.15) is 0 Å². The van der Waals surface area contributed by atoms with E-state index < -0.39 is 0 Å². The van der Waals surface area contributed by atoms with E-state index in [2.05, 4.69) is 30.9 Å². The number of anilines is 5. The topological polar surface area (TPSA) is 114 Å². The molecule has 3 N–H and O–H groups in total. The summed E-state index contributed by atoms with van der Waals surface area (Å²) in [5.41, 5.74) is 1.97. The molecule has 0 aliphatic rings. The van der Waals surface area contributed by atoms with Gasteiger partial charge in [0.1, 0.15) is 23.8 Å². The number of rotatable bonds is 7. The van der Waals surface area contributed by atoms with E-state index in [4.69, 9.17) is 9.15 Å². The zero-order valence-corrected chi connectivity index (χ0v) is 18.1. The monoisotopic (exact) mass is 452 g/mol. The summed E-state index contributed by atoms with van der Waals surface area (Å²) in [6.45, 7) is 0. The predicted molar refractivity (Wildman–Crippen MR) is 130 cm³/mol. The van der Waals surface area contributed by atoms with Crippen molar-refractivity contribution in [3.05, 3.63) is 91.1 Å². The number of hydrogen-bond donors (Lipinski definition) is 3. The molecular weight excluding hydrogens is 432 g/mol. The molecule has 5 rings (SSSR count). The van der Waals surface area contributed by atoms with E-state index in [0.29, 0.717) is 34.5 Å². The third-order valence-corrected chi connectivity index (χ3v) is 4.95. The van der Waals surface area contributed by atoms with E-state index in [1.54, 1.807) is 43.6 Å². The van der Waals surface area contributed by atoms with Crippen LogP contribution in [0.2, 0.25) is 0 Å². The Morgan fingerprint density at radius 3 is 2.38 bits per heavy atom. The van der Waals surface area contributed by atoms with Gasteiger partial charge in [-0.1, -0.05) is 18.2 Å². The molecular formula is C25H20N6O3. The normalized spacial score (nSPS) is 10.6. The summed E-state index contributed by atoms with van der Waals surface area (Å²) in [6.07, 6.45) is 3.17. The van der Waals surface area contributed by atoms with Gasteiger partial charge >= 0.3 is 0 Å². The Labute approximate surface area is 194 Å². The second kappa shape index (κ2) is 9.29. The van der Waals surface area contributed by atoms with Gasteiger partial charge < -0.3 is 25.1 Å². The molecule has 0 aliphatic carbocycles. The van der Waals surface area contributed by atoms with Gasteiger partial charge in [0.15, 0.2) is 17.1 Å². The van der Waals surface area contributed by atoms with Crippen molar-refractivity contribution in [3.63, 3.8) is 0 Å². The number of carbonyl (C=O) groups is 1. The fraction of sp³-hybridized carbons (Fsp3) is 0.0400. The summed E-state index contributed by atoms with van der Waals surface area (Å²) in [6, 6.07) is 21.8. The quantitative estimate of drug-likeness (QED) is 0.302. The number of benzene rings is 2. The molecule has 0 spiro atoms. The van der Waals surface area contributed by atoms with Crippen molar-refractivity contribution in [2.24, 2.45) is 0 Å². The number of pyridine rings is 1. The molecule has 0 unspecified atom stereocenters. The first-order chi connectivity index (χ1) is 16.7. The summed E-state index contributed by atoms with van der Waals surface area (Å²) in [4.78, 5) is 25.3. The summed E-state index contributed by atoms with van der Waals surface area (Å²) < 4.78 is 11.0. The van der Waals surface area contributed by atoms with Crippen LogP contribution in [-0.2, 0) is 0 Å². The summed E-state index contributed by atoms with van der Waals surface area (Å²) in [5, 5.41) is 9.98. The van der Waals surface area contributed by atoms with Gasteiger partial charge in [-0.3, -0.25) is 4.79 Å². The van der Waals surface area contributed by atoms with Crippen molar-refractivity contribution in [1.82, 2.24) is 15.0 Å². The minimum Gasteiger partial charge on any atom is -0.493 e. The molecule has 0 fully saturated rings. The van der Waals surface area contributed by atoms with Crippen molar-refractivity contribution >= 4 is 45.7 Å². The van der Waals surface area contributed by atoms with Crippen molar-refractivity contribution in [2.75, 3.05) is 23.1 Å². The highest BCUT2D eigenvalue weighted by molar-refractivity contribution is 6.05. The fourth-order valence-electron chi connectivity index (χ4n) is 3.35. The number of hydrogen-bond acceptors (Lipinski definition) is 8. The lowest BCUT2D eigenvalue weighted by molar-refractivity contribution is 0.0998. The maximum Gasteiger partial charge on any atom is 0.291 e. The van der Waals surface area contributed by atoms with Crippen LogP contribution in [-0.4, -0.2) is 28.0 Å². The number of furan rings is 1. The molecule has 34 heavy (non-hydrogen) atoms. The number of nitrogens with zero attached hydrogens (tertiary/aromatic N) is 3. The van der Waals surface area contributed by atoms with Crippen LogP contribution in [0.25, 0.3) is 11.0 Å². The fourth-order valence-corrected chi connectivity index (χ4v) is 3.35. The number of nitrogens with one attached hydrogen (secondary N) is 3. The Bertz CT molecular complexity index is 1430. The molecule has 0 saturated carbocycles. The zero-order chi connectivity index (χ0) is 23.3. The maximum absolute atomic E-state index is 12.7. The van der Waals surface area contributed by atoms with E-state index in [1.807, 2.05) is 42.5 Å². The number of methoxy groups -OCH3 is 1. The summed E-state index contributed by atoms with van der Waals surface area (Å²) in [5.74, 6) is 2.35. The van der Waals surface area contributed by atoms with Gasteiger partial charge in [-0.05, 0) is 48.5 Å². The zero-order valence-electron chi connectivity index (χ0n) is 18.1. The standard InChI is InChI=1S/C25H20N6O3/c1-33-19-6-4-5-16-13-20(34-24(16)19)25(32)30-18-10-8-17(9-11-18)29-22-14-23(28-15-27-22)31-21-7-2-3-12-26-21/h2-15H,1H3,(H,30,32)(H2,26,27,28,29,31). The van der Waals surface area contributed by atoms with Crippen molar-refractivity contribution in [1.29, 1.82) is 0 Å². The van der Waals surface area contributed by atoms with Crippen LogP contribution in [0.4, 0.5) is 28.8 Å².